The van der Waals surface area contributed by atoms with Gasteiger partial charge in [0.25, 0.3) is 5.91 Å². The van der Waals surface area contributed by atoms with Crippen molar-refractivity contribution >= 4 is 22.9 Å². The predicted molar refractivity (Wildman–Crippen MR) is 87.4 cm³/mol. The highest BCUT2D eigenvalue weighted by Gasteiger charge is 2.22. The topological polar surface area (TPSA) is 92.2 Å². The highest BCUT2D eigenvalue weighted by molar-refractivity contribution is 5.99. The summed E-state index contributed by atoms with van der Waals surface area (Å²) < 4.78 is 0. The Balaban J connectivity index is 2.26. The van der Waals surface area contributed by atoms with Crippen molar-refractivity contribution in [1.29, 1.82) is 0 Å². The van der Waals surface area contributed by atoms with Crippen LogP contribution in [0.3, 0.4) is 0 Å². The van der Waals surface area contributed by atoms with Crippen LogP contribution < -0.4 is 5.32 Å². The Hall–Kier alpha value is -2.50. The van der Waals surface area contributed by atoms with E-state index < -0.39 is 17.9 Å². The Morgan fingerprint density at radius 3 is 2.30 bits per heavy atom. The van der Waals surface area contributed by atoms with Gasteiger partial charge in [-0.25, -0.2) is 14.8 Å². The first-order chi connectivity index (χ1) is 10.8. The minimum atomic E-state index is -1.03. The molecule has 2 aromatic rings. The van der Waals surface area contributed by atoms with E-state index in [1.807, 2.05) is 27.7 Å². The number of aromatic nitrogens is 2. The Kier molecular flexibility index (Phi) is 4.93. The highest BCUT2D eigenvalue weighted by atomic mass is 16.4. The van der Waals surface area contributed by atoms with Crippen molar-refractivity contribution in [2.24, 2.45) is 5.92 Å². The molecule has 1 atom stereocenters. The van der Waals surface area contributed by atoms with Crippen LogP contribution in [0.2, 0.25) is 0 Å². The smallest absolute Gasteiger partial charge is 0.326 e. The van der Waals surface area contributed by atoms with Gasteiger partial charge in [0.2, 0.25) is 0 Å². The molecule has 0 aliphatic rings. The van der Waals surface area contributed by atoms with Crippen LogP contribution in [0.25, 0.3) is 11.0 Å². The van der Waals surface area contributed by atoms with E-state index in [2.05, 4.69) is 15.3 Å². The lowest BCUT2D eigenvalue weighted by atomic mass is 10.0. The standard InChI is InChI=1S/C17H21N3O3/c1-9(2)7-15(17(22)23)20-16(21)12-5-6-13-14(8-12)19-11(4)10(3)18-13/h5-6,8-9,15H,7H2,1-4H3,(H,20,21)(H,22,23). The zero-order valence-corrected chi connectivity index (χ0v) is 13.8. The van der Waals surface area contributed by atoms with Crippen molar-refractivity contribution in [1.82, 2.24) is 15.3 Å². The molecule has 2 N–H and O–H groups in total. The van der Waals surface area contributed by atoms with Gasteiger partial charge >= 0.3 is 5.97 Å². The molecule has 122 valence electrons. The lowest BCUT2D eigenvalue weighted by molar-refractivity contribution is -0.139. The molecule has 0 spiro atoms. The van der Waals surface area contributed by atoms with E-state index in [0.717, 1.165) is 11.4 Å². The van der Waals surface area contributed by atoms with Gasteiger partial charge in [0.05, 0.1) is 22.4 Å². The predicted octanol–water partition coefficient (Wildman–Crippen LogP) is 2.48. The first-order valence-corrected chi connectivity index (χ1v) is 7.56. The van der Waals surface area contributed by atoms with E-state index in [1.165, 1.54) is 0 Å². The van der Waals surface area contributed by atoms with Crippen molar-refractivity contribution in [2.75, 3.05) is 0 Å². The van der Waals surface area contributed by atoms with E-state index in [9.17, 15) is 14.7 Å². The number of carboxylic acids is 1. The number of hydrogen-bond donors (Lipinski definition) is 2. The number of aliphatic carboxylic acids is 1. The largest absolute Gasteiger partial charge is 0.480 e. The third-order valence-electron chi connectivity index (χ3n) is 3.65. The Morgan fingerprint density at radius 2 is 1.74 bits per heavy atom. The number of amides is 1. The summed E-state index contributed by atoms with van der Waals surface area (Å²) in [4.78, 5) is 32.4. The summed E-state index contributed by atoms with van der Waals surface area (Å²) in [6.07, 6.45) is 0.382. The van der Waals surface area contributed by atoms with E-state index in [1.54, 1.807) is 18.2 Å². The molecular formula is C17H21N3O3. The summed E-state index contributed by atoms with van der Waals surface area (Å²) in [5.41, 5.74) is 3.36. The molecule has 1 aromatic carbocycles. The third-order valence-corrected chi connectivity index (χ3v) is 3.65. The SMILES string of the molecule is Cc1nc2ccc(C(=O)NC(CC(C)C)C(=O)O)cc2nc1C. The zero-order chi connectivity index (χ0) is 17.1. The number of carboxylic acid groups (broad SMARTS) is 1. The van der Waals surface area contributed by atoms with Gasteiger partial charge in [0.1, 0.15) is 6.04 Å². The van der Waals surface area contributed by atoms with E-state index in [4.69, 9.17) is 0 Å². The fraction of sp³-hybridized carbons (Fsp3) is 0.412. The average Bonchev–Trinajstić information content (AvgIpc) is 2.46. The molecule has 23 heavy (non-hydrogen) atoms. The molecule has 0 radical (unpaired) electrons. The monoisotopic (exact) mass is 315 g/mol. The third kappa shape index (κ3) is 4.03. The molecule has 2 rings (SSSR count). The van der Waals surface area contributed by atoms with Crippen molar-refractivity contribution in [3.8, 4) is 0 Å². The first kappa shape index (κ1) is 16.9. The van der Waals surface area contributed by atoms with E-state index in [0.29, 0.717) is 23.0 Å². The van der Waals surface area contributed by atoms with Crippen LogP contribution in [0.15, 0.2) is 18.2 Å². The van der Waals surface area contributed by atoms with Gasteiger partial charge in [-0.3, -0.25) is 4.79 Å². The Bertz CT molecular complexity index is 756. The van der Waals surface area contributed by atoms with Gasteiger partial charge in [-0.1, -0.05) is 13.8 Å². The zero-order valence-electron chi connectivity index (χ0n) is 13.8. The van der Waals surface area contributed by atoms with Gasteiger partial charge in [0.15, 0.2) is 0 Å². The van der Waals surface area contributed by atoms with Gasteiger partial charge in [-0.15, -0.1) is 0 Å². The molecule has 6 nitrogen and oxygen atoms in total. The van der Waals surface area contributed by atoms with Gasteiger partial charge in [0, 0.05) is 5.56 Å². The Labute approximate surface area is 135 Å². The van der Waals surface area contributed by atoms with Crippen molar-refractivity contribution < 1.29 is 14.7 Å². The molecular weight excluding hydrogens is 294 g/mol. The Morgan fingerprint density at radius 1 is 1.13 bits per heavy atom. The molecule has 0 aliphatic carbocycles. The number of hydrogen-bond acceptors (Lipinski definition) is 4. The van der Waals surface area contributed by atoms with Crippen LogP contribution in [-0.4, -0.2) is 33.0 Å². The normalized spacial score (nSPS) is 12.4. The molecule has 0 fully saturated rings. The lowest BCUT2D eigenvalue weighted by Crippen LogP contribution is -2.41. The van der Waals surface area contributed by atoms with Crippen molar-refractivity contribution in [3.63, 3.8) is 0 Å². The number of nitrogens with zero attached hydrogens (tertiary/aromatic N) is 2. The summed E-state index contributed by atoms with van der Waals surface area (Å²) in [7, 11) is 0. The van der Waals surface area contributed by atoms with Crippen LogP contribution in [0.1, 0.15) is 42.0 Å². The summed E-state index contributed by atoms with van der Waals surface area (Å²) in [5.74, 6) is -1.27. The molecule has 1 heterocycles. The minimum Gasteiger partial charge on any atom is -0.480 e. The summed E-state index contributed by atoms with van der Waals surface area (Å²) in [6.45, 7) is 7.57. The number of carbonyl (C=O) groups excluding carboxylic acids is 1. The van der Waals surface area contributed by atoms with E-state index in [-0.39, 0.29) is 5.92 Å². The van der Waals surface area contributed by atoms with Crippen LogP contribution in [0.5, 0.6) is 0 Å². The summed E-state index contributed by atoms with van der Waals surface area (Å²) >= 11 is 0. The van der Waals surface area contributed by atoms with Gasteiger partial charge in [-0.05, 0) is 44.4 Å². The molecule has 6 heteroatoms. The summed E-state index contributed by atoms with van der Waals surface area (Å²) in [5, 5.41) is 11.8. The number of benzene rings is 1. The second kappa shape index (κ2) is 6.73. The van der Waals surface area contributed by atoms with Crippen molar-refractivity contribution in [3.05, 3.63) is 35.2 Å². The highest BCUT2D eigenvalue weighted by Crippen LogP contribution is 2.15. The number of carbonyl (C=O) groups is 2. The maximum atomic E-state index is 12.3. The minimum absolute atomic E-state index is 0.171. The molecule has 0 bridgehead atoms. The molecule has 1 unspecified atom stereocenters. The number of fused-ring (bicyclic) bond motifs is 1. The van der Waals surface area contributed by atoms with Crippen LogP contribution in [0, 0.1) is 19.8 Å². The van der Waals surface area contributed by atoms with Crippen molar-refractivity contribution in [2.45, 2.75) is 40.2 Å². The second-order valence-electron chi connectivity index (χ2n) is 6.09. The maximum absolute atomic E-state index is 12.3. The molecule has 1 amide bonds. The van der Waals surface area contributed by atoms with Gasteiger partial charge < -0.3 is 10.4 Å². The first-order valence-electron chi connectivity index (χ1n) is 7.56. The fourth-order valence-electron chi connectivity index (χ4n) is 2.31. The number of rotatable bonds is 5. The quantitative estimate of drug-likeness (QED) is 0.884. The molecule has 0 saturated carbocycles. The fourth-order valence-corrected chi connectivity index (χ4v) is 2.31. The number of aryl methyl sites for hydroxylation is 2. The lowest BCUT2D eigenvalue weighted by Gasteiger charge is -2.16. The van der Waals surface area contributed by atoms with Gasteiger partial charge in [-0.2, -0.15) is 0 Å². The summed E-state index contributed by atoms with van der Waals surface area (Å²) in [6, 6.07) is 4.10. The molecule has 0 aliphatic heterocycles. The second-order valence-corrected chi connectivity index (χ2v) is 6.09. The molecule has 0 saturated heterocycles. The van der Waals surface area contributed by atoms with Crippen LogP contribution in [0.4, 0.5) is 0 Å². The van der Waals surface area contributed by atoms with E-state index >= 15 is 0 Å². The average molecular weight is 315 g/mol. The molecule has 1 aromatic heterocycles. The van der Waals surface area contributed by atoms with Crippen LogP contribution in [-0.2, 0) is 4.79 Å². The number of nitrogens with one attached hydrogen (secondary N) is 1. The van der Waals surface area contributed by atoms with Crippen LogP contribution >= 0.6 is 0 Å². The maximum Gasteiger partial charge on any atom is 0.326 e.